The molecular weight excluding hydrogens is 569 g/mol. The van der Waals surface area contributed by atoms with E-state index in [1.165, 1.54) is 0 Å². The Bertz CT molecular complexity index is 3210. The van der Waals surface area contributed by atoms with Gasteiger partial charge in [0.1, 0.15) is 11.2 Å². The van der Waals surface area contributed by atoms with Gasteiger partial charge in [-0.1, -0.05) is 158 Å². The summed E-state index contributed by atoms with van der Waals surface area (Å²) in [5.74, 6) is 0. The van der Waals surface area contributed by atoms with E-state index in [9.17, 15) is 5.48 Å². The lowest BCUT2D eigenvalue weighted by Crippen LogP contribution is -1.91. The van der Waals surface area contributed by atoms with Crippen molar-refractivity contribution in [2.75, 3.05) is 0 Å². The summed E-state index contributed by atoms with van der Waals surface area (Å²) in [5.41, 5.74) is 5.01. The van der Waals surface area contributed by atoms with Gasteiger partial charge in [-0.05, 0) is 83.0 Å². The van der Waals surface area contributed by atoms with Gasteiger partial charge in [-0.15, -0.1) is 0 Å². The number of hydrogen-bond acceptors (Lipinski definition) is 1. The van der Waals surface area contributed by atoms with E-state index >= 15 is 0 Å². The quantitative estimate of drug-likeness (QED) is 0.183. The third kappa shape index (κ3) is 3.97. The topological polar surface area (TPSA) is 13.1 Å². The Kier molecular flexibility index (Phi) is 4.19. The molecule has 1 heteroatoms. The van der Waals surface area contributed by atoms with Gasteiger partial charge in [-0.3, -0.25) is 0 Å². The van der Waals surface area contributed by atoms with Crippen molar-refractivity contribution in [3.8, 4) is 33.4 Å². The minimum atomic E-state index is -0.427. The van der Waals surface area contributed by atoms with Crippen molar-refractivity contribution in [2.45, 2.75) is 0 Å². The van der Waals surface area contributed by atoms with Gasteiger partial charge in [0.05, 0.1) is 11.0 Å². The minimum absolute atomic E-state index is 0.186. The van der Waals surface area contributed by atoms with E-state index in [1.54, 1.807) is 0 Å². The molecule has 0 saturated carbocycles. The first-order valence-corrected chi connectivity index (χ1v) is 15.5. The SMILES string of the molecule is [2H]c1c([2H])c([2H])c2c(-c3ccc4ccccc4c3)c3c([2H])c([2H])c([2H])c([2H])c3c(-c3ccc(-c4cccc5c4oc4ccc6ccccc6c45)cc3)c2c1[2H]. The van der Waals surface area contributed by atoms with Crippen LogP contribution < -0.4 is 0 Å². The van der Waals surface area contributed by atoms with Gasteiger partial charge in [0.15, 0.2) is 0 Å². The van der Waals surface area contributed by atoms with Crippen LogP contribution in [0.5, 0.6) is 0 Å². The van der Waals surface area contributed by atoms with E-state index in [0.717, 1.165) is 54.6 Å². The average molecular weight is 605 g/mol. The Balaban J connectivity index is 1.28. The summed E-state index contributed by atoms with van der Waals surface area (Å²) in [4.78, 5) is 0. The second-order valence-corrected chi connectivity index (χ2v) is 11.8. The molecule has 10 aromatic rings. The van der Waals surface area contributed by atoms with E-state index in [2.05, 4.69) is 24.3 Å². The molecule has 47 heavy (non-hydrogen) atoms. The fourth-order valence-corrected chi connectivity index (χ4v) is 7.16. The molecule has 10 rings (SSSR count). The summed E-state index contributed by atoms with van der Waals surface area (Å²) < 4.78 is 78.6. The number of benzene rings is 9. The molecular formula is C46H28O. The number of hydrogen-bond donors (Lipinski definition) is 0. The molecule has 1 aromatic heterocycles. The lowest BCUT2D eigenvalue weighted by Gasteiger charge is -2.18. The molecule has 0 N–H and O–H groups in total. The van der Waals surface area contributed by atoms with Gasteiger partial charge >= 0.3 is 0 Å². The smallest absolute Gasteiger partial charge is 0.143 e. The summed E-state index contributed by atoms with van der Waals surface area (Å²) in [6, 6.07) is 36.4. The van der Waals surface area contributed by atoms with Crippen molar-refractivity contribution in [3.63, 3.8) is 0 Å². The maximum Gasteiger partial charge on any atom is 0.143 e. The maximum atomic E-state index is 9.28. The van der Waals surface area contributed by atoms with Crippen LogP contribution in [-0.4, -0.2) is 0 Å². The first-order valence-electron chi connectivity index (χ1n) is 19.5. The fourth-order valence-electron chi connectivity index (χ4n) is 7.16. The Morgan fingerprint density at radius 3 is 1.68 bits per heavy atom. The average Bonchev–Trinajstić information content (AvgIpc) is 3.62. The Labute approximate surface area is 283 Å². The molecule has 218 valence electrons. The van der Waals surface area contributed by atoms with Gasteiger partial charge in [-0.25, -0.2) is 0 Å². The number of furan rings is 1. The van der Waals surface area contributed by atoms with Crippen molar-refractivity contribution >= 4 is 65.0 Å². The second kappa shape index (κ2) is 10.2. The van der Waals surface area contributed by atoms with Crippen LogP contribution in [0.25, 0.3) is 98.4 Å². The Morgan fingerprint density at radius 2 is 0.957 bits per heavy atom. The molecule has 0 spiro atoms. The monoisotopic (exact) mass is 604 g/mol. The third-order valence-corrected chi connectivity index (χ3v) is 9.28. The predicted octanol–water partition coefficient (Wildman–Crippen LogP) is 13.2. The van der Waals surface area contributed by atoms with Crippen molar-refractivity contribution in [1.29, 1.82) is 0 Å². The highest BCUT2D eigenvalue weighted by atomic mass is 16.3. The van der Waals surface area contributed by atoms with Crippen molar-refractivity contribution < 1.29 is 15.4 Å². The van der Waals surface area contributed by atoms with Gasteiger partial charge in [0, 0.05) is 16.3 Å². The molecule has 0 bridgehead atoms. The summed E-state index contributed by atoms with van der Waals surface area (Å²) >= 11 is 0. The van der Waals surface area contributed by atoms with Crippen LogP contribution >= 0.6 is 0 Å². The highest BCUT2D eigenvalue weighted by Gasteiger charge is 2.18. The molecule has 1 nitrogen and oxygen atoms in total. The molecule has 0 fully saturated rings. The highest BCUT2D eigenvalue weighted by molar-refractivity contribution is 6.22. The van der Waals surface area contributed by atoms with E-state index in [4.69, 9.17) is 9.90 Å². The minimum Gasteiger partial charge on any atom is -0.455 e. The van der Waals surface area contributed by atoms with Crippen LogP contribution in [0.3, 0.4) is 0 Å². The van der Waals surface area contributed by atoms with E-state index in [0.29, 0.717) is 22.3 Å². The first kappa shape index (κ1) is 19.4. The third-order valence-electron chi connectivity index (χ3n) is 9.28. The molecule has 9 aromatic carbocycles. The normalized spacial score (nSPS) is 14.2. The van der Waals surface area contributed by atoms with Gasteiger partial charge < -0.3 is 4.42 Å². The van der Waals surface area contributed by atoms with E-state index < -0.39 is 24.2 Å². The van der Waals surface area contributed by atoms with Crippen LogP contribution in [0, 0.1) is 0 Å². The van der Waals surface area contributed by atoms with Gasteiger partial charge in [0.25, 0.3) is 0 Å². The van der Waals surface area contributed by atoms with Crippen LogP contribution in [0.1, 0.15) is 11.0 Å². The highest BCUT2D eigenvalue weighted by Crippen LogP contribution is 2.45. The summed E-state index contributed by atoms with van der Waals surface area (Å²) in [6.07, 6.45) is 0. The number of rotatable bonds is 3. The van der Waals surface area contributed by atoms with Crippen LogP contribution in [0.4, 0.5) is 0 Å². The molecule has 0 aliphatic heterocycles. The van der Waals surface area contributed by atoms with Crippen molar-refractivity contribution in [1.82, 2.24) is 0 Å². The zero-order valence-electron chi connectivity index (χ0n) is 33.0. The Hall–Kier alpha value is -6.18. The fraction of sp³-hybridized carbons (Fsp3) is 0. The maximum absolute atomic E-state index is 9.28. The van der Waals surface area contributed by atoms with Gasteiger partial charge in [0.2, 0.25) is 0 Å². The second-order valence-electron chi connectivity index (χ2n) is 11.8. The lowest BCUT2D eigenvalue weighted by atomic mass is 9.85. The molecule has 0 amide bonds. The van der Waals surface area contributed by atoms with Crippen molar-refractivity contribution in [3.05, 3.63) is 170 Å². The summed E-state index contributed by atoms with van der Waals surface area (Å²) in [6.45, 7) is 0. The van der Waals surface area contributed by atoms with Crippen LogP contribution in [0.2, 0.25) is 0 Å². The zero-order valence-corrected chi connectivity index (χ0v) is 25.0. The zero-order chi connectivity index (χ0) is 37.9. The Morgan fingerprint density at radius 1 is 0.404 bits per heavy atom. The van der Waals surface area contributed by atoms with E-state index in [1.807, 2.05) is 97.1 Å². The predicted molar refractivity (Wildman–Crippen MR) is 200 cm³/mol. The van der Waals surface area contributed by atoms with E-state index in [-0.39, 0.29) is 45.7 Å². The first-order chi connectivity index (χ1) is 26.6. The number of para-hydroxylation sites is 1. The van der Waals surface area contributed by atoms with Crippen LogP contribution in [0.15, 0.2) is 174 Å². The van der Waals surface area contributed by atoms with Gasteiger partial charge in [-0.2, -0.15) is 0 Å². The molecule has 0 atom stereocenters. The largest absolute Gasteiger partial charge is 0.455 e. The number of fused-ring (bicyclic) bond motifs is 8. The molecule has 0 aliphatic carbocycles. The standard InChI is InChI=1S/C46H28O/c1-2-12-33-28-34(25-20-29(33)10-1)44-39-16-7-5-14-37(39)43(38-15-6-8-17-40(38)44)32-23-21-31(22-24-32)36-18-9-19-41-45-35-13-4-3-11-30(35)26-27-42(45)47-46(36)41/h1-28H/i5D,6D,7D,8D,14D,15D,16D,17D. The molecule has 1 heterocycles. The van der Waals surface area contributed by atoms with Crippen LogP contribution in [-0.2, 0) is 0 Å². The van der Waals surface area contributed by atoms with Crippen molar-refractivity contribution in [2.24, 2.45) is 0 Å². The summed E-state index contributed by atoms with van der Waals surface area (Å²) in [5, 5.41) is 6.86. The summed E-state index contributed by atoms with van der Waals surface area (Å²) in [7, 11) is 0. The molecule has 0 radical (unpaired) electrons. The molecule has 0 saturated heterocycles. The molecule has 0 aliphatic rings. The lowest BCUT2D eigenvalue weighted by molar-refractivity contribution is 0.670. The molecule has 0 unspecified atom stereocenters.